The van der Waals surface area contributed by atoms with Gasteiger partial charge in [-0.05, 0) is 36.2 Å². The number of sulfonamides is 1. The number of hydrogen-bond acceptors (Lipinski definition) is 3. The Morgan fingerprint density at radius 1 is 1.29 bits per heavy atom. The predicted octanol–water partition coefficient (Wildman–Crippen LogP) is 3.08. The highest BCUT2D eigenvalue weighted by Crippen LogP contribution is 2.27. The lowest BCUT2D eigenvalue weighted by Gasteiger charge is -2.13. The van der Waals surface area contributed by atoms with Gasteiger partial charge in [0.2, 0.25) is 0 Å². The van der Waals surface area contributed by atoms with E-state index in [1.165, 1.54) is 24.3 Å². The fraction of sp³-hybridized carbons (Fsp3) is 0.143. The molecule has 4 nitrogen and oxygen atoms in total. The van der Waals surface area contributed by atoms with Gasteiger partial charge in [-0.1, -0.05) is 29.8 Å². The molecule has 0 bridgehead atoms. The number of anilines is 1. The molecule has 2 aromatic rings. The summed E-state index contributed by atoms with van der Waals surface area (Å²) in [5.41, 5.74) is 0.723. The molecule has 0 saturated carbocycles. The molecule has 0 spiro atoms. The molecule has 2 rings (SSSR count). The first-order chi connectivity index (χ1) is 9.85. The molecule has 0 aliphatic rings. The van der Waals surface area contributed by atoms with Crippen LogP contribution >= 0.6 is 11.6 Å². The number of aryl methyl sites for hydroxylation is 1. The van der Waals surface area contributed by atoms with E-state index in [1.54, 1.807) is 13.0 Å². The van der Waals surface area contributed by atoms with E-state index < -0.39 is 15.8 Å². The molecule has 21 heavy (non-hydrogen) atoms. The molecule has 0 aliphatic heterocycles. The van der Waals surface area contributed by atoms with Crippen molar-refractivity contribution in [2.45, 2.75) is 18.4 Å². The predicted molar refractivity (Wildman–Crippen MR) is 79.3 cm³/mol. The van der Waals surface area contributed by atoms with Crippen molar-refractivity contribution in [1.29, 1.82) is 0 Å². The maximum Gasteiger partial charge on any atom is 0.263 e. The van der Waals surface area contributed by atoms with Gasteiger partial charge in [0.1, 0.15) is 10.7 Å². The third-order valence-electron chi connectivity index (χ3n) is 2.93. The molecule has 0 aliphatic carbocycles. The summed E-state index contributed by atoms with van der Waals surface area (Å²) in [6, 6.07) is 8.37. The normalized spacial score (nSPS) is 11.4. The summed E-state index contributed by atoms with van der Waals surface area (Å²) in [5, 5.41) is 9.07. The third-order valence-corrected chi connectivity index (χ3v) is 4.76. The van der Waals surface area contributed by atoms with Gasteiger partial charge < -0.3 is 5.11 Å². The van der Waals surface area contributed by atoms with Gasteiger partial charge in [-0.25, -0.2) is 12.8 Å². The maximum absolute atomic E-state index is 13.7. The summed E-state index contributed by atoms with van der Waals surface area (Å²) in [6.45, 7) is 1.27. The molecule has 0 radical (unpaired) electrons. The first-order valence-electron chi connectivity index (χ1n) is 6.02. The minimum absolute atomic E-state index is 0.00584. The molecule has 2 N–H and O–H groups in total. The number of rotatable bonds is 4. The zero-order valence-electron chi connectivity index (χ0n) is 11.1. The summed E-state index contributed by atoms with van der Waals surface area (Å²) in [6.07, 6.45) is 0. The molecule has 0 heterocycles. The van der Waals surface area contributed by atoms with Crippen molar-refractivity contribution in [3.8, 4) is 0 Å². The minimum Gasteiger partial charge on any atom is -0.392 e. The SMILES string of the molecule is Cc1cccc(F)c1NS(=O)(=O)c1cc(CO)ccc1Cl. The molecule has 0 amide bonds. The van der Waals surface area contributed by atoms with Crippen molar-refractivity contribution in [2.24, 2.45) is 0 Å². The molecule has 0 fully saturated rings. The molecular weight excluding hydrogens is 317 g/mol. The monoisotopic (exact) mass is 329 g/mol. The lowest BCUT2D eigenvalue weighted by Crippen LogP contribution is -2.15. The van der Waals surface area contributed by atoms with Crippen LogP contribution in [0.4, 0.5) is 10.1 Å². The zero-order chi connectivity index (χ0) is 15.6. The van der Waals surface area contributed by atoms with Crippen molar-refractivity contribution in [1.82, 2.24) is 0 Å². The Kier molecular flexibility index (Phi) is 4.51. The average molecular weight is 330 g/mol. The highest BCUT2D eigenvalue weighted by Gasteiger charge is 2.21. The number of benzene rings is 2. The number of aliphatic hydroxyl groups excluding tert-OH is 1. The molecule has 0 unspecified atom stereocenters. The van der Waals surface area contributed by atoms with E-state index in [4.69, 9.17) is 16.7 Å². The van der Waals surface area contributed by atoms with Crippen molar-refractivity contribution in [2.75, 3.05) is 4.72 Å². The molecule has 112 valence electrons. The van der Waals surface area contributed by atoms with Gasteiger partial charge in [-0.3, -0.25) is 4.72 Å². The first-order valence-corrected chi connectivity index (χ1v) is 7.88. The van der Waals surface area contributed by atoms with Crippen molar-refractivity contribution in [3.63, 3.8) is 0 Å². The highest BCUT2D eigenvalue weighted by atomic mass is 35.5. The highest BCUT2D eigenvalue weighted by molar-refractivity contribution is 7.92. The average Bonchev–Trinajstić information content (AvgIpc) is 2.43. The van der Waals surface area contributed by atoms with Crippen LogP contribution in [0.25, 0.3) is 0 Å². The topological polar surface area (TPSA) is 66.4 Å². The van der Waals surface area contributed by atoms with Gasteiger partial charge in [0, 0.05) is 0 Å². The summed E-state index contributed by atoms with van der Waals surface area (Å²) in [7, 11) is -4.05. The van der Waals surface area contributed by atoms with Crippen molar-refractivity contribution in [3.05, 3.63) is 58.4 Å². The third kappa shape index (κ3) is 3.34. The van der Waals surface area contributed by atoms with Crippen molar-refractivity contribution >= 4 is 27.3 Å². The quantitative estimate of drug-likeness (QED) is 0.906. The summed E-state index contributed by atoms with van der Waals surface area (Å²) in [5.74, 6) is -0.673. The second kappa shape index (κ2) is 6.01. The Labute approximate surface area is 127 Å². The second-order valence-corrected chi connectivity index (χ2v) is 6.52. The minimum atomic E-state index is -4.05. The second-order valence-electron chi connectivity index (χ2n) is 4.46. The Morgan fingerprint density at radius 3 is 2.62 bits per heavy atom. The maximum atomic E-state index is 13.7. The van der Waals surface area contributed by atoms with E-state index in [1.807, 2.05) is 0 Å². The van der Waals surface area contributed by atoms with Crippen molar-refractivity contribution < 1.29 is 17.9 Å². The van der Waals surface area contributed by atoms with E-state index in [9.17, 15) is 12.8 Å². The van der Waals surface area contributed by atoms with E-state index >= 15 is 0 Å². The van der Waals surface area contributed by atoms with Crippen LogP contribution in [0.1, 0.15) is 11.1 Å². The Hall–Kier alpha value is -1.63. The van der Waals surface area contributed by atoms with Gasteiger partial charge in [-0.2, -0.15) is 0 Å². The van der Waals surface area contributed by atoms with Crippen LogP contribution in [0.2, 0.25) is 5.02 Å². The van der Waals surface area contributed by atoms with Crippen LogP contribution in [0.3, 0.4) is 0 Å². The number of para-hydroxylation sites is 1. The fourth-order valence-corrected chi connectivity index (χ4v) is 3.49. The van der Waals surface area contributed by atoms with Gasteiger partial charge in [-0.15, -0.1) is 0 Å². The first kappa shape index (κ1) is 15.8. The lowest BCUT2D eigenvalue weighted by molar-refractivity contribution is 0.281. The van der Waals surface area contributed by atoms with Gasteiger partial charge in [0.25, 0.3) is 10.0 Å². The smallest absolute Gasteiger partial charge is 0.263 e. The van der Waals surface area contributed by atoms with Gasteiger partial charge >= 0.3 is 0 Å². The molecule has 0 aromatic heterocycles. The van der Waals surface area contributed by atoms with E-state index in [2.05, 4.69) is 4.72 Å². The van der Waals surface area contributed by atoms with Crippen LogP contribution in [0.5, 0.6) is 0 Å². The Bertz CT molecular complexity index is 758. The number of nitrogens with one attached hydrogen (secondary N) is 1. The Morgan fingerprint density at radius 2 is 2.00 bits per heavy atom. The molecule has 0 saturated heterocycles. The molecular formula is C14H13ClFNO3S. The van der Waals surface area contributed by atoms with E-state index in [0.717, 1.165) is 6.07 Å². The summed E-state index contributed by atoms with van der Waals surface area (Å²) >= 11 is 5.89. The fourth-order valence-electron chi connectivity index (χ4n) is 1.80. The van der Waals surface area contributed by atoms with Gasteiger partial charge in [0.15, 0.2) is 0 Å². The molecule has 0 atom stereocenters. The zero-order valence-corrected chi connectivity index (χ0v) is 12.7. The summed E-state index contributed by atoms with van der Waals surface area (Å²) < 4.78 is 40.6. The number of halogens is 2. The van der Waals surface area contributed by atoms with Crippen LogP contribution in [-0.2, 0) is 16.6 Å². The van der Waals surface area contributed by atoms with Crippen LogP contribution in [0.15, 0.2) is 41.3 Å². The van der Waals surface area contributed by atoms with Crippen LogP contribution < -0.4 is 4.72 Å². The largest absolute Gasteiger partial charge is 0.392 e. The van der Waals surface area contributed by atoms with Crippen LogP contribution in [-0.4, -0.2) is 13.5 Å². The summed E-state index contributed by atoms with van der Waals surface area (Å²) in [4.78, 5) is -0.210. The van der Waals surface area contributed by atoms with E-state index in [0.29, 0.717) is 11.1 Å². The number of hydrogen-bond donors (Lipinski definition) is 2. The lowest BCUT2D eigenvalue weighted by atomic mass is 10.2. The molecule has 7 heteroatoms. The molecule has 2 aromatic carbocycles. The Balaban J connectivity index is 2.48. The standard InChI is InChI=1S/C14H13ClFNO3S/c1-9-3-2-4-12(16)14(9)17-21(19,20)13-7-10(8-18)5-6-11(13)15/h2-7,17-18H,8H2,1H3. The van der Waals surface area contributed by atoms with E-state index in [-0.39, 0.29) is 22.2 Å². The number of aliphatic hydroxyl groups is 1. The van der Waals surface area contributed by atoms with Gasteiger partial charge in [0.05, 0.1) is 17.3 Å². The van der Waals surface area contributed by atoms with Crippen LogP contribution in [0, 0.1) is 12.7 Å².